The third kappa shape index (κ3) is 4.50. The van der Waals surface area contributed by atoms with Crippen LogP contribution in [0.1, 0.15) is 15.9 Å². The van der Waals surface area contributed by atoms with Gasteiger partial charge in [-0.1, -0.05) is 12.1 Å². The molecule has 0 N–H and O–H groups in total. The zero-order chi connectivity index (χ0) is 22.0. The van der Waals surface area contributed by atoms with Gasteiger partial charge < -0.3 is 9.80 Å². The van der Waals surface area contributed by atoms with Gasteiger partial charge in [0.2, 0.25) is 5.95 Å². The van der Waals surface area contributed by atoms with Crippen molar-refractivity contribution in [2.75, 3.05) is 31.1 Å². The fourth-order valence-corrected chi connectivity index (χ4v) is 3.46. The van der Waals surface area contributed by atoms with Crippen LogP contribution in [0.5, 0.6) is 0 Å². The Morgan fingerprint density at radius 1 is 0.903 bits per heavy atom. The summed E-state index contributed by atoms with van der Waals surface area (Å²) < 4.78 is 52.9. The summed E-state index contributed by atoms with van der Waals surface area (Å²) >= 11 is 0. The first-order chi connectivity index (χ1) is 14.8. The minimum absolute atomic E-state index is 0.162. The van der Waals surface area contributed by atoms with Gasteiger partial charge in [0, 0.05) is 49.7 Å². The average Bonchev–Trinajstić information content (AvgIpc) is 2.79. The minimum atomic E-state index is -4.56. The lowest BCUT2D eigenvalue weighted by atomic mass is 10.0. The summed E-state index contributed by atoms with van der Waals surface area (Å²) in [5.41, 5.74) is -0.429. The highest BCUT2D eigenvalue weighted by Gasteiger charge is 2.31. The first-order valence-corrected chi connectivity index (χ1v) is 9.61. The number of alkyl halides is 3. The second-order valence-corrected chi connectivity index (χ2v) is 7.10. The number of carbonyl (C=O) groups excluding carboxylic acids is 1. The monoisotopic (exact) mass is 430 g/mol. The molecule has 4 rings (SSSR count). The summed E-state index contributed by atoms with van der Waals surface area (Å²) in [6, 6.07) is 9.94. The number of benzene rings is 2. The highest BCUT2D eigenvalue weighted by molar-refractivity contribution is 5.95. The normalized spacial score (nSPS) is 14.6. The van der Waals surface area contributed by atoms with E-state index < -0.39 is 17.6 Å². The SMILES string of the molecule is O=C(c1ccc(-c2cc(C(F)(F)F)ccc2F)cc1)N1CCN(c2ncccn2)CC1. The lowest BCUT2D eigenvalue weighted by Gasteiger charge is -2.34. The van der Waals surface area contributed by atoms with Crippen LogP contribution < -0.4 is 4.90 Å². The van der Waals surface area contributed by atoms with Crippen molar-refractivity contribution in [3.8, 4) is 11.1 Å². The largest absolute Gasteiger partial charge is 0.416 e. The molecule has 1 aromatic heterocycles. The molecule has 0 aliphatic carbocycles. The number of carbonyl (C=O) groups is 1. The maximum atomic E-state index is 14.1. The Balaban J connectivity index is 1.46. The molecule has 0 saturated carbocycles. The maximum Gasteiger partial charge on any atom is 0.416 e. The zero-order valence-electron chi connectivity index (χ0n) is 16.3. The molecule has 2 heterocycles. The van der Waals surface area contributed by atoms with Crippen molar-refractivity contribution in [3.63, 3.8) is 0 Å². The van der Waals surface area contributed by atoms with Crippen LogP contribution in [-0.4, -0.2) is 47.0 Å². The molecule has 1 saturated heterocycles. The van der Waals surface area contributed by atoms with Gasteiger partial charge >= 0.3 is 6.18 Å². The average molecular weight is 430 g/mol. The van der Waals surface area contributed by atoms with Gasteiger partial charge in [0.1, 0.15) is 5.82 Å². The first kappa shape index (κ1) is 20.8. The number of rotatable bonds is 3. The predicted octanol–water partition coefficient (Wildman–Crippen LogP) is 4.26. The van der Waals surface area contributed by atoms with E-state index >= 15 is 0 Å². The van der Waals surface area contributed by atoms with E-state index in [0.29, 0.717) is 43.8 Å². The highest BCUT2D eigenvalue weighted by atomic mass is 19.4. The Morgan fingerprint density at radius 3 is 2.16 bits per heavy atom. The van der Waals surface area contributed by atoms with Crippen molar-refractivity contribution in [2.45, 2.75) is 6.18 Å². The Bertz CT molecular complexity index is 1060. The quantitative estimate of drug-likeness (QED) is 0.583. The lowest BCUT2D eigenvalue weighted by molar-refractivity contribution is -0.137. The Hall–Kier alpha value is -3.49. The third-order valence-electron chi connectivity index (χ3n) is 5.14. The van der Waals surface area contributed by atoms with E-state index in [2.05, 4.69) is 9.97 Å². The number of hydrogen-bond donors (Lipinski definition) is 0. The smallest absolute Gasteiger partial charge is 0.337 e. The van der Waals surface area contributed by atoms with Crippen molar-refractivity contribution >= 4 is 11.9 Å². The van der Waals surface area contributed by atoms with Crippen LogP contribution >= 0.6 is 0 Å². The summed E-state index contributed by atoms with van der Waals surface area (Å²) in [6.45, 7) is 2.15. The Kier molecular flexibility index (Phi) is 5.58. The molecule has 0 atom stereocenters. The standard InChI is InChI=1S/C22H18F4N4O/c23-19-7-6-17(22(24,25)26)14-18(19)15-2-4-16(5-3-15)20(31)29-10-12-30(13-11-29)21-27-8-1-9-28-21/h1-9,14H,10-13H2. The maximum absolute atomic E-state index is 14.1. The molecule has 0 unspecified atom stereocenters. The fourth-order valence-electron chi connectivity index (χ4n) is 3.46. The van der Waals surface area contributed by atoms with E-state index in [1.807, 2.05) is 4.90 Å². The second kappa shape index (κ2) is 8.33. The van der Waals surface area contributed by atoms with Crippen molar-refractivity contribution in [1.82, 2.24) is 14.9 Å². The molecule has 3 aromatic rings. The molecular weight excluding hydrogens is 412 g/mol. The van der Waals surface area contributed by atoms with Gasteiger partial charge in [-0.25, -0.2) is 14.4 Å². The Labute approximate surface area is 176 Å². The zero-order valence-corrected chi connectivity index (χ0v) is 16.3. The molecule has 1 aliphatic heterocycles. The number of amides is 1. The van der Waals surface area contributed by atoms with Gasteiger partial charge in [0.25, 0.3) is 5.91 Å². The van der Waals surface area contributed by atoms with Gasteiger partial charge in [0.15, 0.2) is 0 Å². The highest BCUT2D eigenvalue weighted by Crippen LogP contribution is 2.33. The van der Waals surface area contributed by atoms with E-state index in [0.717, 1.165) is 12.1 Å². The lowest BCUT2D eigenvalue weighted by Crippen LogP contribution is -2.49. The molecule has 2 aromatic carbocycles. The first-order valence-electron chi connectivity index (χ1n) is 9.61. The molecule has 9 heteroatoms. The number of aromatic nitrogens is 2. The molecule has 31 heavy (non-hydrogen) atoms. The number of nitrogens with zero attached hydrogens (tertiary/aromatic N) is 4. The Morgan fingerprint density at radius 2 is 1.55 bits per heavy atom. The van der Waals surface area contributed by atoms with E-state index in [9.17, 15) is 22.4 Å². The van der Waals surface area contributed by atoms with E-state index in [1.165, 1.54) is 24.3 Å². The summed E-state index contributed by atoms with van der Waals surface area (Å²) in [6.07, 6.45) is -1.24. The van der Waals surface area contributed by atoms with Crippen LogP contribution in [0.15, 0.2) is 60.9 Å². The van der Waals surface area contributed by atoms with Crippen molar-refractivity contribution in [3.05, 3.63) is 77.9 Å². The van der Waals surface area contributed by atoms with Crippen molar-refractivity contribution in [1.29, 1.82) is 0 Å². The van der Waals surface area contributed by atoms with Crippen LogP contribution in [0.3, 0.4) is 0 Å². The molecule has 0 spiro atoms. The van der Waals surface area contributed by atoms with Crippen molar-refractivity contribution < 1.29 is 22.4 Å². The molecule has 1 aliphatic rings. The summed E-state index contributed by atoms with van der Waals surface area (Å²) in [5, 5.41) is 0. The van der Waals surface area contributed by atoms with Gasteiger partial charge in [-0.15, -0.1) is 0 Å². The van der Waals surface area contributed by atoms with Crippen molar-refractivity contribution in [2.24, 2.45) is 0 Å². The summed E-state index contributed by atoms with van der Waals surface area (Å²) in [4.78, 5) is 24.9. The van der Waals surface area contributed by atoms with Gasteiger partial charge in [-0.05, 0) is 42.0 Å². The number of anilines is 1. The number of halogens is 4. The number of hydrogen-bond acceptors (Lipinski definition) is 4. The molecule has 1 amide bonds. The molecule has 160 valence electrons. The molecule has 0 bridgehead atoms. The molecular formula is C22H18F4N4O. The third-order valence-corrected chi connectivity index (χ3v) is 5.14. The van der Waals surface area contributed by atoms with Crippen LogP contribution in [0.4, 0.5) is 23.5 Å². The van der Waals surface area contributed by atoms with Crippen LogP contribution in [0, 0.1) is 5.82 Å². The van der Waals surface area contributed by atoms with Gasteiger partial charge in [0.05, 0.1) is 5.56 Å². The van der Waals surface area contributed by atoms with Gasteiger partial charge in [-0.2, -0.15) is 13.2 Å². The molecule has 5 nitrogen and oxygen atoms in total. The van der Waals surface area contributed by atoms with Crippen LogP contribution in [0.25, 0.3) is 11.1 Å². The number of piperazine rings is 1. The predicted molar refractivity (Wildman–Crippen MR) is 107 cm³/mol. The van der Waals surface area contributed by atoms with E-state index in [1.54, 1.807) is 23.4 Å². The van der Waals surface area contributed by atoms with E-state index in [-0.39, 0.29) is 17.0 Å². The van der Waals surface area contributed by atoms with Crippen LogP contribution in [0.2, 0.25) is 0 Å². The van der Waals surface area contributed by atoms with Crippen LogP contribution in [-0.2, 0) is 6.18 Å². The summed E-state index contributed by atoms with van der Waals surface area (Å²) in [5.74, 6) is -0.335. The van der Waals surface area contributed by atoms with Gasteiger partial charge in [-0.3, -0.25) is 4.79 Å². The fraction of sp³-hybridized carbons (Fsp3) is 0.227. The molecule has 1 fully saturated rings. The molecule has 0 radical (unpaired) electrons. The minimum Gasteiger partial charge on any atom is -0.337 e. The topological polar surface area (TPSA) is 49.3 Å². The van der Waals surface area contributed by atoms with E-state index in [4.69, 9.17) is 0 Å². The summed E-state index contributed by atoms with van der Waals surface area (Å²) in [7, 11) is 0. The second-order valence-electron chi connectivity index (χ2n) is 7.10.